The first-order valence-electron chi connectivity index (χ1n) is 6.50. The topological polar surface area (TPSA) is 38.0 Å². The summed E-state index contributed by atoms with van der Waals surface area (Å²) in [4.78, 5) is 0. The van der Waals surface area contributed by atoms with Crippen LogP contribution < -0.4 is 0 Å². The van der Waals surface area contributed by atoms with Crippen molar-refractivity contribution in [1.29, 1.82) is 0 Å². The van der Waals surface area contributed by atoms with Gasteiger partial charge in [-0.15, -0.1) is 0 Å². The Morgan fingerprint density at radius 2 is 1.95 bits per heavy atom. The molecule has 0 radical (unpaired) electrons. The second kappa shape index (κ2) is 6.22. The molecule has 1 N–H and O–H groups in total. The van der Waals surface area contributed by atoms with Crippen LogP contribution in [0.4, 0.5) is 0 Å². The Kier molecular flexibility index (Phi) is 4.61. The fraction of sp³-hybridized carbons (Fsp3) is 0.400. The van der Waals surface area contributed by atoms with Crippen LogP contribution in [-0.4, -0.2) is 14.9 Å². The first-order valence-corrected chi connectivity index (χ1v) is 6.88. The van der Waals surface area contributed by atoms with E-state index in [1.807, 2.05) is 30.3 Å². The largest absolute Gasteiger partial charge is 0.391 e. The number of benzene rings is 1. The average molecular weight is 279 g/mol. The molecule has 0 aliphatic rings. The third kappa shape index (κ3) is 3.37. The van der Waals surface area contributed by atoms with Gasteiger partial charge in [0.15, 0.2) is 0 Å². The van der Waals surface area contributed by atoms with Crippen LogP contribution in [0.1, 0.15) is 30.7 Å². The normalized spacial score (nSPS) is 11.2. The molecular weight excluding hydrogens is 260 g/mol. The van der Waals surface area contributed by atoms with Crippen molar-refractivity contribution in [2.24, 2.45) is 5.92 Å². The van der Waals surface area contributed by atoms with Gasteiger partial charge in [0.25, 0.3) is 0 Å². The molecule has 4 heteroatoms. The summed E-state index contributed by atoms with van der Waals surface area (Å²) >= 11 is 6.30. The van der Waals surface area contributed by atoms with E-state index >= 15 is 0 Å². The Labute approximate surface area is 118 Å². The van der Waals surface area contributed by atoms with Crippen molar-refractivity contribution in [3.8, 4) is 0 Å². The second-order valence-corrected chi connectivity index (χ2v) is 5.47. The maximum Gasteiger partial charge on any atom is 0.133 e. The molecule has 19 heavy (non-hydrogen) atoms. The maximum absolute atomic E-state index is 9.45. The molecule has 0 aliphatic heterocycles. The molecule has 102 valence electrons. The fourth-order valence-electron chi connectivity index (χ4n) is 2.09. The molecule has 0 spiro atoms. The predicted molar refractivity (Wildman–Crippen MR) is 77.2 cm³/mol. The van der Waals surface area contributed by atoms with E-state index in [1.165, 1.54) is 0 Å². The third-order valence-electron chi connectivity index (χ3n) is 3.00. The van der Waals surface area contributed by atoms with Crippen LogP contribution in [-0.2, 0) is 19.6 Å². The number of nitrogens with zero attached hydrogens (tertiary/aromatic N) is 2. The standard InChI is InChI=1S/C15H19ClN2O/c1-11(2)8-14-13(10-19)15(16)18(17-14)9-12-6-4-3-5-7-12/h3-7,11,19H,8-10H2,1-2H3. The molecule has 0 atom stereocenters. The molecule has 0 bridgehead atoms. The summed E-state index contributed by atoms with van der Waals surface area (Å²) in [5.41, 5.74) is 2.80. The summed E-state index contributed by atoms with van der Waals surface area (Å²) in [6, 6.07) is 10.1. The van der Waals surface area contributed by atoms with E-state index in [2.05, 4.69) is 18.9 Å². The van der Waals surface area contributed by atoms with Crippen molar-refractivity contribution >= 4 is 11.6 Å². The molecule has 0 aliphatic carbocycles. The summed E-state index contributed by atoms with van der Waals surface area (Å²) in [6.45, 7) is 4.83. The minimum Gasteiger partial charge on any atom is -0.391 e. The van der Waals surface area contributed by atoms with Crippen LogP contribution in [0.3, 0.4) is 0 Å². The lowest BCUT2D eigenvalue weighted by atomic mass is 10.1. The lowest BCUT2D eigenvalue weighted by Crippen LogP contribution is -2.03. The summed E-state index contributed by atoms with van der Waals surface area (Å²) in [6.07, 6.45) is 0.831. The van der Waals surface area contributed by atoms with Crippen LogP contribution in [0, 0.1) is 5.92 Å². The number of hydrogen-bond acceptors (Lipinski definition) is 2. The summed E-state index contributed by atoms with van der Waals surface area (Å²) in [5.74, 6) is 0.487. The smallest absolute Gasteiger partial charge is 0.133 e. The van der Waals surface area contributed by atoms with Gasteiger partial charge in [0.05, 0.1) is 18.8 Å². The molecule has 0 saturated carbocycles. The summed E-state index contributed by atoms with van der Waals surface area (Å²) in [7, 11) is 0. The van der Waals surface area contributed by atoms with E-state index in [9.17, 15) is 5.11 Å². The molecule has 1 heterocycles. The van der Waals surface area contributed by atoms with Gasteiger partial charge in [-0.1, -0.05) is 55.8 Å². The highest BCUT2D eigenvalue weighted by Gasteiger charge is 2.16. The number of halogens is 1. The van der Waals surface area contributed by atoms with E-state index in [-0.39, 0.29) is 6.61 Å². The molecule has 1 aromatic carbocycles. The predicted octanol–water partition coefficient (Wildman–Crippen LogP) is 3.28. The van der Waals surface area contributed by atoms with Gasteiger partial charge in [-0.3, -0.25) is 0 Å². The number of aliphatic hydroxyl groups excluding tert-OH is 1. The monoisotopic (exact) mass is 278 g/mol. The van der Waals surface area contributed by atoms with Gasteiger partial charge in [0.1, 0.15) is 5.15 Å². The van der Waals surface area contributed by atoms with Crippen LogP contribution >= 0.6 is 11.6 Å². The molecule has 3 nitrogen and oxygen atoms in total. The van der Waals surface area contributed by atoms with Crippen LogP contribution in [0.2, 0.25) is 5.15 Å². The highest BCUT2D eigenvalue weighted by Crippen LogP contribution is 2.23. The first kappa shape index (κ1) is 14.1. The molecule has 2 rings (SSSR count). The molecule has 2 aromatic rings. The fourth-order valence-corrected chi connectivity index (χ4v) is 2.36. The van der Waals surface area contributed by atoms with Gasteiger partial charge in [0.2, 0.25) is 0 Å². The lowest BCUT2D eigenvalue weighted by Gasteiger charge is -2.03. The SMILES string of the molecule is CC(C)Cc1nn(Cc2ccccc2)c(Cl)c1CO. The second-order valence-electron chi connectivity index (χ2n) is 5.12. The van der Waals surface area contributed by atoms with Crippen LogP contribution in [0.15, 0.2) is 30.3 Å². The van der Waals surface area contributed by atoms with Crippen LogP contribution in [0.25, 0.3) is 0 Å². The van der Waals surface area contributed by atoms with Crippen molar-refractivity contribution < 1.29 is 5.11 Å². The minimum absolute atomic E-state index is 0.0598. The number of aliphatic hydroxyl groups is 1. The van der Waals surface area contributed by atoms with Crippen molar-refractivity contribution in [3.63, 3.8) is 0 Å². The Bertz CT molecular complexity index is 535. The highest BCUT2D eigenvalue weighted by molar-refractivity contribution is 6.30. The Morgan fingerprint density at radius 1 is 1.26 bits per heavy atom. The van der Waals surface area contributed by atoms with E-state index in [0.717, 1.165) is 23.2 Å². The number of hydrogen-bond donors (Lipinski definition) is 1. The van der Waals surface area contributed by atoms with Gasteiger partial charge in [-0.05, 0) is 17.9 Å². The molecule has 0 amide bonds. The van der Waals surface area contributed by atoms with E-state index in [1.54, 1.807) is 4.68 Å². The molecule has 0 unspecified atom stereocenters. The van der Waals surface area contributed by atoms with E-state index in [0.29, 0.717) is 17.6 Å². The van der Waals surface area contributed by atoms with E-state index < -0.39 is 0 Å². The molecule has 0 fully saturated rings. The third-order valence-corrected chi connectivity index (χ3v) is 3.42. The minimum atomic E-state index is -0.0598. The highest BCUT2D eigenvalue weighted by atomic mass is 35.5. The van der Waals surface area contributed by atoms with Gasteiger partial charge in [-0.25, -0.2) is 4.68 Å². The van der Waals surface area contributed by atoms with E-state index in [4.69, 9.17) is 11.6 Å². The average Bonchev–Trinajstić information content (AvgIpc) is 2.66. The Balaban J connectivity index is 2.28. The molecule has 0 saturated heterocycles. The lowest BCUT2D eigenvalue weighted by molar-refractivity contribution is 0.280. The van der Waals surface area contributed by atoms with Crippen molar-refractivity contribution in [3.05, 3.63) is 52.3 Å². The Morgan fingerprint density at radius 3 is 2.53 bits per heavy atom. The van der Waals surface area contributed by atoms with Crippen molar-refractivity contribution in [1.82, 2.24) is 9.78 Å². The van der Waals surface area contributed by atoms with Crippen LogP contribution in [0.5, 0.6) is 0 Å². The number of aromatic nitrogens is 2. The van der Waals surface area contributed by atoms with Gasteiger partial charge in [0, 0.05) is 5.56 Å². The van der Waals surface area contributed by atoms with Crippen molar-refractivity contribution in [2.45, 2.75) is 33.4 Å². The quantitative estimate of drug-likeness (QED) is 0.911. The summed E-state index contributed by atoms with van der Waals surface area (Å²) < 4.78 is 1.76. The maximum atomic E-state index is 9.45. The summed E-state index contributed by atoms with van der Waals surface area (Å²) in [5, 5.41) is 14.5. The van der Waals surface area contributed by atoms with Gasteiger partial charge in [-0.2, -0.15) is 5.10 Å². The zero-order valence-electron chi connectivity index (χ0n) is 11.3. The molecule has 1 aromatic heterocycles. The van der Waals surface area contributed by atoms with Gasteiger partial charge >= 0.3 is 0 Å². The number of rotatable bonds is 5. The van der Waals surface area contributed by atoms with Gasteiger partial charge < -0.3 is 5.11 Å². The van der Waals surface area contributed by atoms with Crippen molar-refractivity contribution in [2.75, 3.05) is 0 Å². The Hall–Kier alpha value is -1.32. The molecular formula is C15H19ClN2O. The first-order chi connectivity index (χ1) is 9.11. The zero-order chi connectivity index (χ0) is 13.8. The zero-order valence-corrected chi connectivity index (χ0v) is 12.1.